The van der Waals surface area contributed by atoms with Crippen molar-refractivity contribution >= 4 is 17.4 Å². The van der Waals surface area contributed by atoms with Crippen molar-refractivity contribution in [1.29, 1.82) is 0 Å². The fourth-order valence-electron chi connectivity index (χ4n) is 1.93. The highest BCUT2D eigenvalue weighted by Crippen LogP contribution is 2.15. The van der Waals surface area contributed by atoms with Crippen molar-refractivity contribution in [1.82, 2.24) is 15.2 Å². The number of thiophene rings is 1. The molecule has 0 fully saturated rings. The van der Waals surface area contributed by atoms with E-state index in [1.807, 2.05) is 47.5 Å². The van der Waals surface area contributed by atoms with E-state index in [9.17, 15) is 9.90 Å². The Balaban J connectivity index is 1.65. The van der Waals surface area contributed by atoms with E-state index in [2.05, 4.69) is 10.6 Å². The van der Waals surface area contributed by atoms with Gasteiger partial charge in [0.2, 0.25) is 0 Å². The van der Waals surface area contributed by atoms with E-state index < -0.39 is 6.10 Å². The van der Waals surface area contributed by atoms with Crippen LogP contribution >= 0.6 is 11.3 Å². The van der Waals surface area contributed by atoms with Crippen LogP contribution < -0.4 is 10.6 Å². The zero-order valence-electron chi connectivity index (χ0n) is 11.4. The molecule has 0 bridgehead atoms. The van der Waals surface area contributed by atoms with Crippen LogP contribution in [0.15, 0.2) is 35.8 Å². The number of aromatic nitrogens is 1. The van der Waals surface area contributed by atoms with E-state index in [1.165, 1.54) is 0 Å². The molecule has 0 radical (unpaired) electrons. The largest absolute Gasteiger partial charge is 0.387 e. The predicted molar refractivity (Wildman–Crippen MR) is 79.5 cm³/mol. The highest BCUT2D eigenvalue weighted by Gasteiger charge is 2.10. The Morgan fingerprint density at radius 3 is 2.90 bits per heavy atom. The van der Waals surface area contributed by atoms with E-state index in [-0.39, 0.29) is 6.03 Å². The Morgan fingerprint density at radius 2 is 2.25 bits per heavy atom. The molecule has 0 saturated carbocycles. The minimum absolute atomic E-state index is 0.211. The number of hydrogen-bond acceptors (Lipinski definition) is 3. The number of hydrogen-bond donors (Lipinski definition) is 3. The molecule has 108 valence electrons. The molecule has 2 amide bonds. The van der Waals surface area contributed by atoms with Gasteiger partial charge in [-0.15, -0.1) is 11.3 Å². The number of carbonyl (C=O) groups excluding carboxylic acids is 1. The van der Waals surface area contributed by atoms with Crippen molar-refractivity contribution < 1.29 is 9.90 Å². The Labute approximate surface area is 122 Å². The standard InChI is InChI=1S/C14H19N3O2S/c1-17-8-2-5-12(17)13(18)6-7-15-14(19)16-10-11-4-3-9-20-11/h2-5,8-9,13,18H,6-7,10H2,1H3,(H2,15,16,19). The lowest BCUT2D eigenvalue weighted by Crippen LogP contribution is -2.35. The molecule has 20 heavy (non-hydrogen) atoms. The number of nitrogens with one attached hydrogen (secondary N) is 2. The van der Waals surface area contributed by atoms with E-state index in [0.29, 0.717) is 19.5 Å². The normalized spacial score (nSPS) is 12.1. The number of nitrogens with zero attached hydrogens (tertiary/aromatic N) is 1. The van der Waals surface area contributed by atoms with Gasteiger partial charge >= 0.3 is 6.03 Å². The third-order valence-corrected chi connectivity index (χ3v) is 3.91. The van der Waals surface area contributed by atoms with Crippen molar-refractivity contribution in [3.8, 4) is 0 Å². The molecule has 2 rings (SSSR count). The fraction of sp³-hybridized carbons (Fsp3) is 0.357. The van der Waals surface area contributed by atoms with Gasteiger partial charge in [-0.1, -0.05) is 6.07 Å². The average Bonchev–Trinajstić information content (AvgIpc) is 3.07. The van der Waals surface area contributed by atoms with E-state index in [4.69, 9.17) is 0 Å². The van der Waals surface area contributed by atoms with Crippen LogP contribution in [-0.4, -0.2) is 22.2 Å². The molecule has 2 heterocycles. The molecule has 5 nitrogen and oxygen atoms in total. The summed E-state index contributed by atoms with van der Waals surface area (Å²) in [5.74, 6) is 0. The van der Waals surface area contributed by atoms with Crippen LogP contribution in [0, 0.1) is 0 Å². The maximum absolute atomic E-state index is 11.6. The molecule has 2 aromatic heterocycles. The molecule has 2 aromatic rings. The summed E-state index contributed by atoms with van der Waals surface area (Å²) < 4.78 is 1.88. The quantitative estimate of drug-likeness (QED) is 0.763. The van der Waals surface area contributed by atoms with Crippen LogP contribution in [0.4, 0.5) is 4.79 Å². The summed E-state index contributed by atoms with van der Waals surface area (Å²) >= 11 is 1.61. The lowest BCUT2D eigenvalue weighted by atomic mass is 10.2. The summed E-state index contributed by atoms with van der Waals surface area (Å²) in [7, 11) is 1.89. The topological polar surface area (TPSA) is 66.3 Å². The summed E-state index contributed by atoms with van der Waals surface area (Å²) in [6, 6.07) is 7.48. The van der Waals surface area contributed by atoms with Crippen molar-refractivity contribution in [2.45, 2.75) is 19.1 Å². The maximum atomic E-state index is 11.6. The predicted octanol–water partition coefficient (Wildman–Crippen LogP) is 2.01. The number of amides is 2. The van der Waals surface area contributed by atoms with Gasteiger partial charge in [-0.3, -0.25) is 0 Å². The summed E-state index contributed by atoms with van der Waals surface area (Å²) in [5.41, 5.74) is 0.853. The Bertz CT molecular complexity index is 536. The van der Waals surface area contributed by atoms with Crippen molar-refractivity contribution in [2.24, 2.45) is 7.05 Å². The Hall–Kier alpha value is -1.79. The number of aliphatic hydroxyl groups excluding tert-OH is 1. The molecule has 1 unspecified atom stereocenters. The zero-order valence-corrected chi connectivity index (χ0v) is 12.2. The van der Waals surface area contributed by atoms with Gasteiger partial charge in [0.25, 0.3) is 0 Å². The van der Waals surface area contributed by atoms with E-state index in [1.54, 1.807) is 11.3 Å². The highest BCUT2D eigenvalue weighted by atomic mass is 32.1. The molecule has 0 aliphatic rings. The summed E-state index contributed by atoms with van der Waals surface area (Å²) in [6.07, 6.45) is 1.82. The third-order valence-electron chi connectivity index (χ3n) is 3.03. The average molecular weight is 293 g/mol. The van der Waals surface area contributed by atoms with Gasteiger partial charge < -0.3 is 20.3 Å². The molecule has 1 atom stereocenters. The van der Waals surface area contributed by atoms with Crippen molar-refractivity contribution in [2.75, 3.05) is 6.54 Å². The number of rotatable bonds is 6. The third kappa shape index (κ3) is 4.11. The molecule has 0 aliphatic heterocycles. The van der Waals surface area contributed by atoms with Crippen LogP contribution in [0.2, 0.25) is 0 Å². The lowest BCUT2D eigenvalue weighted by Gasteiger charge is -2.12. The zero-order chi connectivity index (χ0) is 14.4. The molecular weight excluding hydrogens is 274 g/mol. The van der Waals surface area contributed by atoms with Gasteiger partial charge in [0.05, 0.1) is 12.6 Å². The molecule has 3 N–H and O–H groups in total. The second-order valence-electron chi connectivity index (χ2n) is 4.54. The molecular formula is C14H19N3O2S. The Morgan fingerprint density at radius 1 is 1.40 bits per heavy atom. The highest BCUT2D eigenvalue weighted by molar-refractivity contribution is 7.09. The van der Waals surface area contributed by atoms with E-state index in [0.717, 1.165) is 10.6 Å². The van der Waals surface area contributed by atoms with Crippen LogP contribution in [0.3, 0.4) is 0 Å². The second-order valence-corrected chi connectivity index (χ2v) is 5.57. The number of aryl methyl sites for hydroxylation is 1. The van der Waals surface area contributed by atoms with Crippen LogP contribution in [-0.2, 0) is 13.6 Å². The first-order chi connectivity index (χ1) is 9.66. The number of urea groups is 1. The summed E-state index contributed by atoms with van der Waals surface area (Å²) in [5, 5.41) is 17.5. The van der Waals surface area contributed by atoms with Gasteiger partial charge in [-0.25, -0.2) is 4.79 Å². The second kappa shape index (κ2) is 7.12. The van der Waals surface area contributed by atoms with Crippen LogP contribution in [0.25, 0.3) is 0 Å². The van der Waals surface area contributed by atoms with Gasteiger partial charge in [-0.05, 0) is 30.0 Å². The summed E-state index contributed by atoms with van der Waals surface area (Å²) in [4.78, 5) is 12.7. The first-order valence-electron chi connectivity index (χ1n) is 6.50. The molecule has 6 heteroatoms. The molecule has 0 saturated heterocycles. The van der Waals surface area contributed by atoms with Crippen molar-refractivity contribution in [3.05, 3.63) is 46.4 Å². The first kappa shape index (κ1) is 14.6. The number of aliphatic hydroxyl groups is 1. The van der Waals surface area contributed by atoms with Crippen LogP contribution in [0.5, 0.6) is 0 Å². The van der Waals surface area contributed by atoms with E-state index >= 15 is 0 Å². The van der Waals surface area contributed by atoms with Crippen LogP contribution in [0.1, 0.15) is 23.1 Å². The molecule has 0 spiro atoms. The number of carbonyl (C=O) groups is 1. The van der Waals surface area contributed by atoms with Gasteiger partial charge in [-0.2, -0.15) is 0 Å². The minimum atomic E-state index is -0.562. The molecule has 0 aromatic carbocycles. The van der Waals surface area contributed by atoms with Crippen molar-refractivity contribution in [3.63, 3.8) is 0 Å². The first-order valence-corrected chi connectivity index (χ1v) is 7.38. The minimum Gasteiger partial charge on any atom is -0.387 e. The SMILES string of the molecule is Cn1cccc1C(O)CCNC(=O)NCc1cccs1. The molecule has 0 aliphatic carbocycles. The monoisotopic (exact) mass is 293 g/mol. The van der Waals surface area contributed by atoms with Gasteiger partial charge in [0.1, 0.15) is 0 Å². The maximum Gasteiger partial charge on any atom is 0.315 e. The Kier molecular flexibility index (Phi) is 5.20. The summed E-state index contributed by atoms with van der Waals surface area (Å²) in [6.45, 7) is 0.965. The van der Waals surface area contributed by atoms with Gasteiger partial charge in [0.15, 0.2) is 0 Å². The fourth-order valence-corrected chi connectivity index (χ4v) is 2.58. The lowest BCUT2D eigenvalue weighted by molar-refractivity contribution is 0.159. The smallest absolute Gasteiger partial charge is 0.315 e. The van der Waals surface area contributed by atoms with Gasteiger partial charge in [0, 0.05) is 30.4 Å².